The second-order valence-corrected chi connectivity index (χ2v) is 6.13. The number of aliphatic hydroxyl groups is 1. The molecule has 0 bridgehead atoms. The van der Waals surface area contributed by atoms with Crippen molar-refractivity contribution in [1.82, 2.24) is 15.1 Å². The molecule has 1 aromatic carbocycles. The number of para-hydroxylation sites is 1. The number of carbonyl (C=O) groups is 1. The van der Waals surface area contributed by atoms with Gasteiger partial charge in [0.25, 0.3) is 5.91 Å². The summed E-state index contributed by atoms with van der Waals surface area (Å²) in [7, 11) is 0. The van der Waals surface area contributed by atoms with Gasteiger partial charge in [-0.25, -0.2) is 4.68 Å². The van der Waals surface area contributed by atoms with Gasteiger partial charge in [0.1, 0.15) is 0 Å². The number of nitrogens with zero attached hydrogens (tertiary/aromatic N) is 2. The van der Waals surface area contributed by atoms with Crippen LogP contribution in [0.3, 0.4) is 0 Å². The Balaban J connectivity index is 2.12. The highest BCUT2D eigenvalue weighted by molar-refractivity contribution is 6.32. The zero-order valence-electron chi connectivity index (χ0n) is 13.6. The van der Waals surface area contributed by atoms with E-state index in [-0.39, 0.29) is 18.4 Å². The predicted octanol–water partition coefficient (Wildman–Crippen LogP) is 2.97. The summed E-state index contributed by atoms with van der Waals surface area (Å²) in [5.41, 5.74) is 1.80. The second-order valence-electron chi connectivity index (χ2n) is 5.72. The average molecular weight is 336 g/mol. The van der Waals surface area contributed by atoms with Crippen molar-refractivity contribution in [1.29, 1.82) is 0 Å². The Kier molecular flexibility index (Phi) is 5.80. The number of halogens is 1. The Morgan fingerprint density at radius 2 is 2.13 bits per heavy atom. The normalized spacial score (nSPS) is 13.6. The molecule has 0 saturated carbocycles. The fourth-order valence-corrected chi connectivity index (χ4v) is 2.42. The largest absolute Gasteiger partial charge is 0.391 e. The molecule has 0 aliphatic rings. The molecule has 2 N–H and O–H groups in total. The molecule has 0 saturated heterocycles. The summed E-state index contributed by atoms with van der Waals surface area (Å²) in [6, 6.07) is 7.31. The van der Waals surface area contributed by atoms with Gasteiger partial charge in [0, 0.05) is 18.3 Å². The molecule has 0 aliphatic heterocycles. The van der Waals surface area contributed by atoms with Crippen LogP contribution in [0, 0.1) is 12.8 Å². The van der Waals surface area contributed by atoms with Crippen LogP contribution >= 0.6 is 11.6 Å². The van der Waals surface area contributed by atoms with Gasteiger partial charge in [0.05, 0.1) is 16.8 Å². The van der Waals surface area contributed by atoms with Crippen LogP contribution in [0.2, 0.25) is 5.02 Å². The molecule has 1 aromatic heterocycles. The lowest BCUT2D eigenvalue weighted by molar-refractivity contribution is 0.0845. The summed E-state index contributed by atoms with van der Waals surface area (Å²) in [5, 5.41) is 17.6. The topological polar surface area (TPSA) is 67.2 Å². The first-order chi connectivity index (χ1) is 10.9. The van der Waals surface area contributed by atoms with Gasteiger partial charge in [-0.2, -0.15) is 5.10 Å². The van der Waals surface area contributed by atoms with E-state index in [0.29, 0.717) is 10.7 Å². The molecule has 1 amide bonds. The summed E-state index contributed by atoms with van der Waals surface area (Å²) in [6.45, 7) is 5.99. The molecule has 2 aromatic rings. The molecule has 5 nitrogen and oxygen atoms in total. The van der Waals surface area contributed by atoms with Crippen molar-refractivity contribution >= 4 is 17.5 Å². The van der Waals surface area contributed by atoms with Gasteiger partial charge in [-0.3, -0.25) is 4.79 Å². The van der Waals surface area contributed by atoms with E-state index in [1.165, 1.54) is 0 Å². The molecule has 1 heterocycles. The zero-order chi connectivity index (χ0) is 17.0. The third kappa shape index (κ3) is 4.12. The maximum Gasteiger partial charge on any atom is 0.272 e. The van der Waals surface area contributed by atoms with Crippen molar-refractivity contribution in [3.8, 4) is 5.69 Å². The Morgan fingerprint density at radius 1 is 1.43 bits per heavy atom. The highest BCUT2D eigenvalue weighted by Gasteiger charge is 2.18. The minimum Gasteiger partial charge on any atom is -0.391 e. The number of aliphatic hydroxyl groups excluding tert-OH is 1. The molecule has 0 aliphatic carbocycles. The third-order valence-electron chi connectivity index (χ3n) is 3.98. The molecule has 0 fully saturated rings. The fraction of sp³-hybridized carbons (Fsp3) is 0.412. The van der Waals surface area contributed by atoms with Crippen LogP contribution in [0.15, 0.2) is 30.5 Å². The van der Waals surface area contributed by atoms with Gasteiger partial charge in [-0.15, -0.1) is 0 Å². The van der Waals surface area contributed by atoms with Crippen molar-refractivity contribution in [3.05, 3.63) is 46.7 Å². The van der Waals surface area contributed by atoms with Gasteiger partial charge >= 0.3 is 0 Å². The highest BCUT2D eigenvalue weighted by Crippen LogP contribution is 2.20. The number of aryl methyl sites for hydroxylation is 1. The van der Waals surface area contributed by atoms with Crippen LogP contribution in [0.4, 0.5) is 0 Å². The summed E-state index contributed by atoms with van der Waals surface area (Å²) in [5.74, 6) is -0.160. The first-order valence-corrected chi connectivity index (χ1v) is 8.09. The van der Waals surface area contributed by atoms with E-state index in [1.54, 1.807) is 16.9 Å². The lowest BCUT2D eigenvalue weighted by atomic mass is 10.0. The molecule has 124 valence electrons. The first kappa shape index (κ1) is 17.5. The minimum absolute atomic E-state index is 0.136. The summed E-state index contributed by atoms with van der Waals surface area (Å²) < 4.78 is 1.59. The lowest BCUT2D eigenvalue weighted by Crippen LogP contribution is -2.35. The van der Waals surface area contributed by atoms with Gasteiger partial charge in [-0.05, 0) is 25.0 Å². The standard InChI is InChI=1S/C17H22ClN3O2/c1-4-11(2)15(22)9-19-17(23)16-12(3)10-21(20-16)14-8-6-5-7-13(14)18/h5-8,10-11,15,22H,4,9H2,1-3H3,(H,19,23). The Hall–Kier alpha value is -1.85. The van der Waals surface area contributed by atoms with Crippen molar-refractivity contribution in [3.63, 3.8) is 0 Å². The molecular formula is C17H22ClN3O2. The first-order valence-electron chi connectivity index (χ1n) is 7.71. The summed E-state index contributed by atoms with van der Waals surface area (Å²) >= 11 is 6.16. The van der Waals surface area contributed by atoms with E-state index in [1.807, 2.05) is 39.0 Å². The summed E-state index contributed by atoms with van der Waals surface area (Å²) in [6.07, 6.45) is 2.06. The number of aromatic nitrogens is 2. The van der Waals surface area contributed by atoms with Crippen molar-refractivity contribution < 1.29 is 9.90 Å². The number of benzene rings is 1. The van der Waals surface area contributed by atoms with Crippen LogP contribution < -0.4 is 5.32 Å². The summed E-state index contributed by atoms with van der Waals surface area (Å²) in [4.78, 5) is 12.3. The molecular weight excluding hydrogens is 314 g/mol. The number of rotatable bonds is 6. The molecule has 0 radical (unpaired) electrons. The molecule has 2 atom stereocenters. The van der Waals surface area contributed by atoms with Crippen LogP contribution in [-0.4, -0.2) is 33.4 Å². The third-order valence-corrected chi connectivity index (χ3v) is 4.30. The van der Waals surface area contributed by atoms with E-state index in [9.17, 15) is 9.90 Å². The number of hydrogen-bond acceptors (Lipinski definition) is 3. The number of amides is 1. The van der Waals surface area contributed by atoms with Gasteiger partial charge in [-0.1, -0.05) is 44.0 Å². The zero-order valence-corrected chi connectivity index (χ0v) is 14.3. The lowest BCUT2D eigenvalue weighted by Gasteiger charge is -2.17. The van der Waals surface area contributed by atoms with Crippen LogP contribution in [0.5, 0.6) is 0 Å². The second kappa shape index (κ2) is 7.62. The molecule has 2 unspecified atom stereocenters. The Labute approximate surface area is 141 Å². The average Bonchev–Trinajstić information content (AvgIpc) is 2.93. The van der Waals surface area contributed by atoms with Crippen molar-refractivity contribution in [2.75, 3.05) is 6.54 Å². The SMILES string of the molecule is CCC(C)C(O)CNC(=O)c1nn(-c2ccccc2Cl)cc1C. The predicted molar refractivity (Wildman–Crippen MR) is 91.1 cm³/mol. The number of hydrogen-bond donors (Lipinski definition) is 2. The smallest absolute Gasteiger partial charge is 0.272 e. The highest BCUT2D eigenvalue weighted by atomic mass is 35.5. The van der Waals surface area contributed by atoms with Crippen LogP contribution in [0.1, 0.15) is 36.3 Å². The quantitative estimate of drug-likeness (QED) is 0.852. The molecule has 23 heavy (non-hydrogen) atoms. The fourth-order valence-electron chi connectivity index (χ4n) is 2.20. The maximum atomic E-state index is 12.3. The van der Waals surface area contributed by atoms with E-state index in [2.05, 4.69) is 10.4 Å². The number of nitrogens with one attached hydrogen (secondary N) is 1. The van der Waals surface area contributed by atoms with Crippen LogP contribution in [-0.2, 0) is 0 Å². The van der Waals surface area contributed by atoms with E-state index in [4.69, 9.17) is 11.6 Å². The molecule has 0 spiro atoms. The van der Waals surface area contributed by atoms with Gasteiger partial charge in [0.15, 0.2) is 5.69 Å². The van der Waals surface area contributed by atoms with E-state index >= 15 is 0 Å². The van der Waals surface area contributed by atoms with E-state index < -0.39 is 6.10 Å². The Morgan fingerprint density at radius 3 is 2.78 bits per heavy atom. The Bertz CT molecular complexity index is 684. The molecule has 6 heteroatoms. The minimum atomic E-state index is -0.560. The van der Waals surface area contributed by atoms with Crippen LogP contribution in [0.25, 0.3) is 5.69 Å². The number of carbonyl (C=O) groups excluding carboxylic acids is 1. The van der Waals surface area contributed by atoms with Gasteiger partial charge < -0.3 is 10.4 Å². The van der Waals surface area contributed by atoms with Crippen molar-refractivity contribution in [2.45, 2.75) is 33.3 Å². The van der Waals surface area contributed by atoms with Gasteiger partial charge in [0.2, 0.25) is 0 Å². The molecule has 2 rings (SSSR count). The monoisotopic (exact) mass is 335 g/mol. The van der Waals surface area contributed by atoms with Crippen molar-refractivity contribution in [2.24, 2.45) is 5.92 Å². The van der Waals surface area contributed by atoms with E-state index in [0.717, 1.165) is 17.7 Å². The maximum absolute atomic E-state index is 12.3.